The lowest BCUT2D eigenvalue weighted by molar-refractivity contribution is 0.102. The largest absolute Gasteiger partial charge is 0.320 e. The second kappa shape index (κ2) is 6.83. The van der Waals surface area contributed by atoms with Gasteiger partial charge in [-0.25, -0.2) is 9.97 Å². The van der Waals surface area contributed by atoms with Crippen molar-refractivity contribution in [2.45, 2.75) is 27.2 Å². The predicted molar refractivity (Wildman–Crippen MR) is 108 cm³/mol. The first-order valence-corrected chi connectivity index (χ1v) is 9.11. The van der Waals surface area contributed by atoms with E-state index in [1.54, 1.807) is 6.07 Å². The topological polar surface area (TPSA) is 58.1 Å². The molecule has 0 saturated carbocycles. The van der Waals surface area contributed by atoms with E-state index in [2.05, 4.69) is 32.3 Å². The number of hydrogen-bond acceptors (Lipinski definition) is 4. The van der Waals surface area contributed by atoms with Crippen molar-refractivity contribution in [2.75, 3.05) is 16.8 Å². The number of hydrogen-bond donors (Lipinski definition) is 1. The molecule has 0 fully saturated rings. The lowest BCUT2D eigenvalue weighted by atomic mass is 10.1. The molecule has 0 atom stereocenters. The summed E-state index contributed by atoms with van der Waals surface area (Å²) in [6.07, 6.45) is 0.956. The van der Waals surface area contributed by atoms with Crippen molar-refractivity contribution in [1.29, 1.82) is 0 Å². The standard InChI is InChI=1S/C22H22N4O/c1-14-8-9-18(15(2)12-14)24-21(27)19-13-16(3)23-22(25-19)26-11-10-17-6-4-5-7-20(17)26/h4-9,12-13H,10-11H2,1-3H3,(H,24,27). The number of aromatic nitrogens is 2. The first-order chi connectivity index (χ1) is 13.0. The average molecular weight is 358 g/mol. The second-order valence-corrected chi connectivity index (χ2v) is 7.00. The Morgan fingerprint density at radius 3 is 2.67 bits per heavy atom. The first-order valence-electron chi connectivity index (χ1n) is 9.11. The van der Waals surface area contributed by atoms with Gasteiger partial charge in [0, 0.05) is 23.6 Å². The molecule has 0 radical (unpaired) electrons. The minimum Gasteiger partial charge on any atom is -0.320 e. The molecule has 1 N–H and O–H groups in total. The van der Waals surface area contributed by atoms with Gasteiger partial charge >= 0.3 is 0 Å². The normalized spacial score (nSPS) is 12.8. The van der Waals surface area contributed by atoms with Crippen LogP contribution in [-0.2, 0) is 6.42 Å². The van der Waals surface area contributed by atoms with Gasteiger partial charge < -0.3 is 10.2 Å². The summed E-state index contributed by atoms with van der Waals surface area (Å²) in [7, 11) is 0. The molecule has 136 valence electrons. The van der Waals surface area contributed by atoms with Gasteiger partial charge in [0.05, 0.1) is 0 Å². The van der Waals surface area contributed by atoms with Crippen molar-refractivity contribution in [3.63, 3.8) is 0 Å². The number of fused-ring (bicyclic) bond motifs is 1. The zero-order chi connectivity index (χ0) is 19.0. The van der Waals surface area contributed by atoms with Crippen molar-refractivity contribution < 1.29 is 4.79 Å². The van der Waals surface area contributed by atoms with Gasteiger partial charge in [-0.2, -0.15) is 0 Å². The molecule has 0 saturated heterocycles. The number of rotatable bonds is 3. The maximum atomic E-state index is 12.8. The van der Waals surface area contributed by atoms with E-state index >= 15 is 0 Å². The Labute approximate surface area is 159 Å². The fraction of sp³-hybridized carbons (Fsp3) is 0.227. The van der Waals surface area contributed by atoms with Crippen LogP contribution < -0.4 is 10.2 Å². The average Bonchev–Trinajstić information content (AvgIpc) is 3.07. The van der Waals surface area contributed by atoms with Crippen molar-refractivity contribution in [3.05, 3.63) is 76.6 Å². The van der Waals surface area contributed by atoms with Crippen LogP contribution in [0.5, 0.6) is 0 Å². The molecule has 1 aliphatic heterocycles. The summed E-state index contributed by atoms with van der Waals surface area (Å²) >= 11 is 0. The number of nitrogens with one attached hydrogen (secondary N) is 1. The number of carbonyl (C=O) groups excluding carboxylic acids is 1. The molecule has 5 nitrogen and oxygen atoms in total. The van der Waals surface area contributed by atoms with Gasteiger partial charge in [-0.15, -0.1) is 0 Å². The molecule has 2 aromatic carbocycles. The highest BCUT2D eigenvalue weighted by molar-refractivity contribution is 6.03. The van der Waals surface area contributed by atoms with E-state index in [9.17, 15) is 4.79 Å². The van der Waals surface area contributed by atoms with E-state index in [1.807, 2.05) is 51.1 Å². The van der Waals surface area contributed by atoms with Gasteiger partial charge in [-0.3, -0.25) is 4.79 Å². The third-order valence-electron chi connectivity index (χ3n) is 4.83. The van der Waals surface area contributed by atoms with Crippen molar-refractivity contribution >= 4 is 23.2 Å². The monoisotopic (exact) mass is 358 g/mol. The van der Waals surface area contributed by atoms with Crippen LogP contribution in [0.3, 0.4) is 0 Å². The van der Waals surface area contributed by atoms with Crippen molar-refractivity contribution in [3.8, 4) is 0 Å². The summed E-state index contributed by atoms with van der Waals surface area (Å²) in [5.41, 5.74) is 6.54. The molecule has 0 bridgehead atoms. The summed E-state index contributed by atoms with van der Waals surface area (Å²) in [6.45, 7) is 6.73. The van der Waals surface area contributed by atoms with Crippen LogP contribution in [0.2, 0.25) is 0 Å². The van der Waals surface area contributed by atoms with E-state index in [4.69, 9.17) is 0 Å². The summed E-state index contributed by atoms with van der Waals surface area (Å²) in [4.78, 5) is 24.0. The van der Waals surface area contributed by atoms with Crippen LogP contribution in [0.25, 0.3) is 0 Å². The zero-order valence-electron chi connectivity index (χ0n) is 15.8. The van der Waals surface area contributed by atoms with Gasteiger partial charge in [0.2, 0.25) is 5.95 Å². The number of amides is 1. The van der Waals surface area contributed by atoms with E-state index in [0.717, 1.165) is 35.6 Å². The summed E-state index contributed by atoms with van der Waals surface area (Å²) in [6, 6.07) is 15.9. The van der Waals surface area contributed by atoms with Gasteiger partial charge in [-0.05, 0) is 56.5 Å². The molecule has 1 aromatic heterocycles. The zero-order valence-corrected chi connectivity index (χ0v) is 15.8. The van der Waals surface area contributed by atoms with Crippen LogP contribution in [-0.4, -0.2) is 22.4 Å². The highest BCUT2D eigenvalue weighted by Gasteiger charge is 2.23. The number of aryl methyl sites for hydroxylation is 3. The quantitative estimate of drug-likeness (QED) is 0.756. The molecule has 2 heterocycles. The van der Waals surface area contributed by atoms with E-state index in [1.165, 1.54) is 11.1 Å². The fourth-order valence-electron chi connectivity index (χ4n) is 3.48. The Morgan fingerprint density at radius 1 is 1.04 bits per heavy atom. The molecule has 0 aliphatic carbocycles. The fourth-order valence-corrected chi connectivity index (χ4v) is 3.48. The predicted octanol–water partition coefficient (Wildman–Crippen LogP) is 4.35. The second-order valence-electron chi connectivity index (χ2n) is 7.00. The van der Waals surface area contributed by atoms with Gasteiger partial charge in [0.25, 0.3) is 5.91 Å². The Morgan fingerprint density at radius 2 is 1.85 bits per heavy atom. The van der Waals surface area contributed by atoms with Crippen LogP contribution in [0.1, 0.15) is 32.9 Å². The summed E-state index contributed by atoms with van der Waals surface area (Å²) < 4.78 is 0. The summed E-state index contributed by atoms with van der Waals surface area (Å²) in [5, 5.41) is 2.97. The number of anilines is 3. The maximum absolute atomic E-state index is 12.8. The Hall–Kier alpha value is -3.21. The van der Waals surface area contributed by atoms with Crippen LogP contribution in [0.15, 0.2) is 48.5 Å². The number of para-hydroxylation sites is 1. The molecule has 0 spiro atoms. The third kappa shape index (κ3) is 3.40. The molecule has 0 unspecified atom stereocenters. The lowest BCUT2D eigenvalue weighted by Crippen LogP contribution is -2.21. The van der Waals surface area contributed by atoms with Crippen LogP contribution >= 0.6 is 0 Å². The van der Waals surface area contributed by atoms with E-state index in [0.29, 0.717) is 11.6 Å². The first kappa shape index (κ1) is 17.2. The molecule has 5 heteroatoms. The van der Waals surface area contributed by atoms with E-state index < -0.39 is 0 Å². The number of nitrogens with zero attached hydrogens (tertiary/aromatic N) is 3. The van der Waals surface area contributed by atoms with Gasteiger partial charge in [0.15, 0.2) is 0 Å². The van der Waals surface area contributed by atoms with Crippen LogP contribution in [0.4, 0.5) is 17.3 Å². The van der Waals surface area contributed by atoms with Gasteiger partial charge in [0.1, 0.15) is 5.69 Å². The molecular formula is C22H22N4O. The summed E-state index contributed by atoms with van der Waals surface area (Å²) in [5.74, 6) is 0.354. The Kier molecular flexibility index (Phi) is 4.36. The highest BCUT2D eigenvalue weighted by atomic mass is 16.1. The number of carbonyl (C=O) groups is 1. The molecule has 1 amide bonds. The number of benzene rings is 2. The van der Waals surface area contributed by atoms with Crippen molar-refractivity contribution in [1.82, 2.24) is 9.97 Å². The molecule has 4 rings (SSSR count). The minimum absolute atomic E-state index is 0.221. The Bertz CT molecular complexity index is 1030. The molecule has 3 aromatic rings. The third-order valence-corrected chi connectivity index (χ3v) is 4.83. The minimum atomic E-state index is -0.221. The molecule has 1 aliphatic rings. The Balaban J connectivity index is 1.64. The lowest BCUT2D eigenvalue weighted by Gasteiger charge is -2.18. The van der Waals surface area contributed by atoms with Crippen LogP contribution in [0, 0.1) is 20.8 Å². The smallest absolute Gasteiger partial charge is 0.274 e. The molecule has 27 heavy (non-hydrogen) atoms. The van der Waals surface area contributed by atoms with Crippen molar-refractivity contribution in [2.24, 2.45) is 0 Å². The van der Waals surface area contributed by atoms with Gasteiger partial charge in [-0.1, -0.05) is 35.9 Å². The maximum Gasteiger partial charge on any atom is 0.274 e. The SMILES string of the molecule is Cc1ccc(NC(=O)c2cc(C)nc(N3CCc4ccccc43)n2)c(C)c1. The van der Waals surface area contributed by atoms with E-state index in [-0.39, 0.29) is 5.91 Å². The highest BCUT2D eigenvalue weighted by Crippen LogP contribution is 2.32. The molecular weight excluding hydrogens is 336 g/mol.